The van der Waals surface area contributed by atoms with E-state index in [1.54, 1.807) is 18.2 Å². The summed E-state index contributed by atoms with van der Waals surface area (Å²) in [5, 5.41) is 15.1. The average Bonchev–Trinajstić information content (AvgIpc) is 2.58. The van der Waals surface area contributed by atoms with Crippen LogP contribution in [0.4, 0.5) is 5.69 Å². The molecule has 0 unspecified atom stereocenters. The molecular weight excluding hydrogens is 306 g/mol. The highest BCUT2D eigenvalue weighted by atomic mass is 16.6. The number of aromatic nitrogens is 2. The lowest BCUT2D eigenvalue weighted by Crippen LogP contribution is -2.22. The fourth-order valence-corrected chi connectivity index (χ4v) is 2.46. The molecule has 0 N–H and O–H groups in total. The van der Waals surface area contributed by atoms with E-state index in [9.17, 15) is 14.9 Å². The van der Waals surface area contributed by atoms with E-state index in [-0.39, 0.29) is 17.8 Å². The van der Waals surface area contributed by atoms with E-state index in [0.29, 0.717) is 0 Å². The van der Waals surface area contributed by atoms with Crippen molar-refractivity contribution in [2.75, 3.05) is 0 Å². The van der Waals surface area contributed by atoms with Crippen LogP contribution in [0.25, 0.3) is 11.3 Å². The lowest BCUT2D eigenvalue weighted by Gasteiger charge is -2.09. The first-order chi connectivity index (χ1) is 11.5. The SMILES string of the molecule is Cc1ccccc1-c1ccc(=O)n(Cc2ccc([N+](=O)[O-])cc2)n1. The van der Waals surface area contributed by atoms with Gasteiger partial charge in [-0.25, -0.2) is 4.68 Å². The van der Waals surface area contributed by atoms with E-state index in [0.717, 1.165) is 22.4 Å². The number of non-ortho nitro benzene ring substituents is 1. The molecule has 6 nitrogen and oxygen atoms in total. The molecule has 0 amide bonds. The molecule has 6 heteroatoms. The molecule has 0 spiro atoms. The van der Waals surface area contributed by atoms with Gasteiger partial charge in [0.2, 0.25) is 0 Å². The van der Waals surface area contributed by atoms with E-state index in [1.165, 1.54) is 22.9 Å². The van der Waals surface area contributed by atoms with Crippen molar-refractivity contribution in [1.82, 2.24) is 9.78 Å². The first-order valence-corrected chi connectivity index (χ1v) is 7.42. The predicted octanol–water partition coefficient (Wildman–Crippen LogP) is 3.18. The van der Waals surface area contributed by atoms with Crippen molar-refractivity contribution in [3.05, 3.63) is 92.3 Å². The molecule has 0 saturated carbocycles. The van der Waals surface area contributed by atoms with E-state index in [1.807, 2.05) is 31.2 Å². The summed E-state index contributed by atoms with van der Waals surface area (Å²) in [6.45, 7) is 2.25. The Labute approximate surface area is 138 Å². The molecule has 0 radical (unpaired) electrons. The van der Waals surface area contributed by atoms with Crippen molar-refractivity contribution in [2.45, 2.75) is 13.5 Å². The standard InChI is InChI=1S/C18H15N3O3/c1-13-4-2-3-5-16(13)17-10-11-18(22)20(19-17)12-14-6-8-15(9-7-14)21(23)24/h2-11H,12H2,1H3. The summed E-state index contributed by atoms with van der Waals surface area (Å²) in [4.78, 5) is 22.3. The Morgan fingerprint density at radius 2 is 1.75 bits per heavy atom. The van der Waals surface area contributed by atoms with Crippen molar-refractivity contribution >= 4 is 5.69 Å². The Hall–Kier alpha value is -3.28. The third kappa shape index (κ3) is 3.22. The molecule has 0 aliphatic rings. The van der Waals surface area contributed by atoms with E-state index < -0.39 is 4.92 Å². The van der Waals surface area contributed by atoms with Crippen LogP contribution in [0.15, 0.2) is 65.5 Å². The van der Waals surface area contributed by atoms with Crippen molar-refractivity contribution in [1.29, 1.82) is 0 Å². The van der Waals surface area contributed by atoms with Gasteiger partial charge in [0.25, 0.3) is 11.2 Å². The summed E-state index contributed by atoms with van der Waals surface area (Å²) in [7, 11) is 0. The second-order valence-corrected chi connectivity index (χ2v) is 5.45. The molecule has 0 bridgehead atoms. The Bertz CT molecular complexity index is 946. The van der Waals surface area contributed by atoms with Gasteiger partial charge in [-0.15, -0.1) is 0 Å². The summed E-state index contributed by atoms with van der Waals surface area (Å²) in [5.74, 6) is 0. The Morgan fingerprint density at radius 1 is 1.04 bits per heavy atom. The van der Waals surface area contributed by atoms with Crippen molar-refractivity contribution in [3.63, 3.8) is 0 Å². The summed E-state index contributed by atoms with van der Waals surface area (Å²) in [5.41, 5.74) is 3.34. The van der Waals surface area contributed by atoms with Gasteiger partial charge in [0.05, 0.1) is 17.2 Å². The van der Waals surface area contributed by atoms with Crippen LogP contribution in [-0.4, -0.2) is 14.7 Å². The lowest BCUT2D eigenvalue weighted by atomic mass is 10.1. The zero-order chi connectivity index (χ0) is 17.1. The van der Waals surface area contributed by atoms with Gasteiger partial charge in [0.1, 0.15) is 0 Å². The van der Waals surface area contributed by atoms with Crippen LogP contribution in [0.1, 0.15) is 11.1 Å². The van der Waals surface area contributed by atoms with Crippen molar-refractivity contribution in [2.24, 2.45) is 0 Å². The lowest BCUT2D eigenvalue weighted by molar-refractivity contribution is -0.384. The summed E-state index contributed by atoms with van der Waals surface area (Å²) in [6.07, 6.45) is 0. The van der Waals surface area contributed by atoms with Crippen LogP contribution < -0.4 is 5.56 Å². The molecule has 0 aliphatic heterocycles. The number of hydrogen-bond acceptors (Lipinski definition) is 4. The van der Waals surface area contributed by atoms with Crippen LogP contribution in [0, 0.1) is 17.0 Å². The number of aryl methyl sites for hydroxylation is 1. The van der Waals surface area contributed by atoms with E-state index in [4.69, 9.17) is 0 Å². The Balaban J connectivity index is 1.94. The maximum Gasteiger partial charge on any atom is 0.269 e. The van der Waals surface area contributed by atoms with Gasteiger partial charge < -0.3 is 0 Å². The molecular formula is C18H15N3O3. The largest absolute Gasteiger partial charge is 0.269 e. The molecule has 2 aromatic carbocycles. The second kappa shape index (κ2) is 6.45. The monoisotopic (exact) mass is 321 g/mol. The van der Waals surface area contributed by atoms with Gasteiger partial charge in [-0.05, 0) is 24.1 Å². The highest BCUT2D eigenvalue weighted by Crippen LogP contribution is 2.20. The van der Waals surface area contributed by atoms with Crippen molar-refractivity contribution < 1.29 is 4.92 Å². The molecule has 1 heterocycles. The molecule has 3 rings (SSSR count). The van der Waals surface area contributed by atoms with E-state index >= 15 is 0 Å². The summed E-state index contributed by atoms with van der Waals surface area (Å²) in [6, 6.07) is 17.1. The number of nitro benzene ring substituents is 1. The number of nitro groups is 1. The van der Waals surface area contributed by atoms with Crippen LogP contribution in [0.3, 0.4) is 0 Å². The van der Waals surface area contributed by atoms with Gasteiger partial charge in [0, 0.05) is 23.8 Å². The third-order valence-electron chi connectivity index (χ3n) is 3.77. The Kier molecular flexibility index (Phi) is 4.20. The first kappa shape index (κ1) is 15.6. The highest BCUT2D eigenvalue weighted by Gasteiger charge is 2.08. The van der Waals surface area contributed by atoms with Crippen LogP contribution in [-0.2, 0) is 6.54 Å². The smallest absolute Gasteiger partial charge is 0.268 e. The maximum absolute atomic E-state index is 12.1. The van der Waals surface area contributed by atoms with Crippen LogP contribution >= 0.6 is 0 Å². The number of nitrogens with zero attached hydrogens (tertiary/aromatic N) is 3. The molecule has 0 fully saturated rings. The highest BCUT2D eigenvalue weighted by molar-refractivity contribution is 5.62. The number of rotatable bonds is 4. The molecule has 120 valence electrons. The van der Waals surface area contributed by atoms with Crippen LogP contribution in [0.2, 0.25) is 0 Å². The quantitative estimate of drug-likeness (QED) is 0.546. The van der Waals surface area contributed by atoms with Crippen LogP contribution in [0.5, 0.6) is 0 Å². The maximum atomic E-state index is 12.1. The number of benzene rings is 2. The molecule has 24 heavy (non-hydrogen) atoms. The molecule has 3 aromatic rings. The molecule has 1 aromatic heterocycles. The van der Waals surface area contributed by atoms with E-state index in [2.05, 4.69) is 5.10 Å². The fourth-order valence-electron chi connectivity index (χ4n) is 2.46. The minimum atomic E-state index is -0.451. The minimum Gasteiger partial charge on any atom is -0.268 e. The zero-order valence-corrected chi connectivity index (χ0v) is 13.0. The second-order valence-electron chi connectivity index (χ2n) is 5.45. The fraction of sp³-hybridized carbons (Fsp3) is 0.111. The summed E-state index contributed by atoms with van der Waals surface area (Å²) < 4.78 is 1.36. The van der Waals surface area contributed by atoms with Gasteiger partial charge in [0.15, 0.2) is 0 Å². The Morgan fingerprint density at radius 3 is 2.42 bits per heavy atom. The van der Waals surface area contributed by atoms with Crippen molar-refractivity contribution in [3.8, 4) is 11.3 Å². The minimum absolute atomic E-state index is 0.0210. The average molecular weight is 321 g/mol. The van der Waals surface area contributed by atoms with Gasteiger partial charge in [-0.1, -0.05) is 36.4 Å². The molecule has 0 aliphatic carbocycles. The predicted molar refractivity (Wildman–Crippen MR) is 90.9 cm³/mol. The normalized spacial score (nSPS) is 10.5. The van der Waals surface area contributed by atoms with Gasteiger partial charge >= 0.3 is 0 Å². The molecule has 0 saturated heterocycles. The summed E-state index contributed by atoms with van der Waals surface area (Å²) >= 11 is 0. The zero-order valence-electron chi connectivity index (χ0n) is 13.0. The van der Waals surface area contributed by atoms with Gasteiger partial charge in [-0.3, -0.25) is 14.9 Å². The molecule has 0 atom stereocenters. The van der Waals surface area contributed by atoms with Gasteiger partial charge in [-0.2, -0.15) is 5.10 Å². The number of hydrogen-bond donors (Lipinski definition) is 0. The first-order valence-electron chi connectivity index (χ1n) is 7.42. The third-order valence-corrected chi connectivity index (χ3v) is 3.77. The topological polar surface area (TPSA) is 78.0 Å².